The van der Waals surface area contributed by atoms with Crippen molar-refractivity contribution >= 4 is 28.2 Å². The van der Waals surface area contributed by atoms with Crippen LogP contribution in [0.2, 0.25) is 0 Å². The average molecular weight is 214 g/mol. The third-order valence-electron chi connectivity index (χ3n) is 1.69. The van der Waals surface area contributed by atoms with E-state index >= 15 is 0 Å². The number of amides is 1. The van der Waals surface area contributed by atoms with Gasteiger partial charge in [0.25, 0.3) is 0 Å². The molecule has 0 aliphatic heterocycles. The highest BCUT2D eigenvalue weighted by Gasteiger charge is 2.20. The van der Waals surface area contributed by atoms with Gasteiger partial charge in [-0.3, -0.25) is 4.79 Å². The Hall–Kier alpha value is -1.43. The molecule has 1 N–H and O–H groups in total. The van der Waals surface area contributed by atoms with Gasteiger partial charge < -0.3 is 10.0 Å². The summed E-state index contributed by atoms with van der Waals surface area (Å²) >= 11 is 1.15. The molecule has 0 saturated heterocycles. The minimum absolute atomic E-state index is 0.0629. The number of carbonyl (C=O) groups is 2. The van der Waals surface area contributed by atoms with Crippen molar-refractivity contribution in [3.05, 3.63) is 11.2 Å². The number of aromatic carboxylic acids is 1. The minimum Gasteiger partial charge on any atom is -0.476 e. The number of carboxylic acids is 1. The normalized spacial score (nSPS) is 9.86. The molecular formula is C8H10N2O3S. The summed E-state index contributed by atoms with van der Waals surface area (Å²) in [4.78, 5) is 27.0. The third kappa shape index (κ3) is 1.90. The van der Waals surface area contributed by atoms with Gasteiger partial charge in [0.15, 0.2) is 5.69 Å². The summed E-state index contributed by atoms with van der Waals surface area (Å²) in [6.07, 6.45) is 0. The maximum absolute atomic E-state index is 11.2. The largest absolute Gasteiger partial charge is 0.476 e. The fourth-order valence-corrected chi connectivity index (χ4v) is 1.98. The van der Waals surface area contributed by atoms with Crippen molar-refractivity contribution in [1.29, 1.82) is 0 Å². The lowest BCUT2D eigenvalue weighted by molar-refractivity contribution is -0.116. The van der Waals surface area contributed by atoms with Gasteiger partial charge in [-0.2, -0.15) is 0 Å². The summed E-state index contributed by atoms with van der Waals surface area (Å²) in [7, 11) is 0. The van der Waals surface area contributed by atoms with Gasteiger partial charge in [-0.1, -0.05) is 0 Å². The highest BCUT2D eigenvalue weighted by molar-refractivity contribution is 7.14. The Morgan fingerprint density at radius 2 is 2.29 bits per heavy atom. The number of thiazole rings is 1. The lowest BCUT2D eigenvalue weighted by Gasteiger charge is -2.16. The van der Waals surface area contributed by atoms with Crippen molar-refractivity contribution < 1.29 is 14.7 Å². The fourth-order valence-electron chi connectivity index (χ4n) is 1.09. The van der Waals surface area contributed by atoms with Crippen molar-refractivity contribution in [1.82, 2.24) is 4.98 Å². The number of hydrogen-bond acceptors (Lipinski definition) is 4. The Bertz CT molecular complexity index is 361. The van der Waals surface area contributed by atoms with E-state index in [9.17, 15) is 9.59 Å². The second-order valence-electron chi connectivity index (χ2n) is 2.57. The molecule has 1 aromatic heterocycles. The maximum atomic E-state index is 11.2. The van der Waals surface area contributed by atoms with Crippen LogP contribution >= 0.6 is 11.3 Å². The Kier molecular flexibility index (Phi) is 3.19. The Morgan fingerprint density at radius 1 is 1.64 bits per heavy atom. The molecule has 1 heterocycles. The third-order valence-corrected chi connectivity index (χ3v) is 2.54. The topological polar surface area (TPSA) is 70.5 Å². The lowest BCUT2D eigenvalue weighted by Crippen LogP contribution is -2.28. The molecule has 5 nitrogen and oxygen atoms in total. The number of rotatable bonds is 3. The number of aromatic nitrogens is 1. The molecule has 0 unspecified atom stereocenters. The van der Waals surface area contributed by atoms with Crippen LogP contribution in [0.5, 0.6) is 0 Å². The van der Waals surface area contributed by atoms with E-state index in [4.69, 9.17) is 5.11 Å². The molecule has 0 radical (unpaired) electrons. The van der Waals surface area contributed by atoms with Crippen LogP contribution < -0.4 is 4.90 Å². The summed E-state index contributed by atoms with van der Waals surface area (Å²) in [6.45, 7) is 3.62. The first-order valence-electron chi connectivity index (χ1n) is 4.02. The number of carboxylic acid groups (broad SMARTS) is 1. The molecular weight excluding hydrogens is 204 g/mol. The van der Waals surface area contributed by atoms with Crippen LogP contribution in [0, 0.1) is 0 Å². The number of nitrogens with zero attached hydrogens (tertiary/aromatic N) is 2. The van der Waals surface area contributed by atoms with Gasteiger partial charge in [-0.05, 0) is 6.92 Å². The first-order valence-corrected chi connectivity index (χ1v) is 4.90. The minimum atomic E-state index is -1.11. The quantitative estimate of drug-likeness (QED) is 0.821. The molecule has 0 aliphatic rings. The predicted octanol–water partition coefficient (Wildman–Crippen LogP) is 1.21. The summed E-state index contributed by atoms with van der Waals surface area (Å²) in [5.74, 6) is -1.29. The van der Waals surface area contributed by atoms with Crippen LogP contribution in [-0.2, 0) is 4.79 Å². The summed E-state index contributed by atoms with van der Waals surface area (Å²) in [5.41, 5.74) is 1.36. The van der Waals surface area contributed by atoms with Crippen LogP contribution in [0.25, 0.3) is 0 Å². The smallest absolute Gasteiger partial charge is 0.357 e. The second kappa shape index (κ2) is 4.19. The number of hydrogen-bond donors (Lipinski definition) is 1. The van der Waals surface area contributed by atoms with Crippen molar-refractivity contribution in [2.75, 3.05) is 11.4 Å². The van der Waals surface area contributed by atoms with Crippen molar-refractivity contribution in [2.24, 2.45) is 0 Å². The molecule has 6 heteroatoms. The summed E-state index contributed by atoms with van der Waals surface area (Å²) in [5, 5.41) is 9.18. The molecule has 14 heavy (non-hydrogen) atoms. The highest BCUT2D eigenvalue weighted by Crippen LogP contribution is 2.25. The Balaban J connectivity index is 3.10. The zero-order valence-corrected chi connectivity index (χ0v) is 8.67. The molecule has 1 amide bonds. The molecule has 1 rings (SSSR count). The van der Waals surface area contributed by atoms with Gasteiger partial charge in [0.2, 0.25) is 5.91 Å². The molecule has 76 valence electrons. The maximum Gasteiger partial charge on any atom is 0.357 e. The summed E-state index contributed by atoms with van der Waals surface area (Å²) < 4.78 is 0. The molecule has 0 aliphatic carbocycles. The van der Waals surface area contributed by atoms with E-state index < -0.39 is 5.97 Å². The van der Waals surface area contributed by atoms with E-state index in [1.165, 1.54) is 17.3 Å². The predicted molar refractivity (Wildman–Crippen MR) is 52.8 cm³/mol. The first kappa shape index (κ1) is 10.6. The van der Waals surface area contributed by atoms with Gasteiger partial charge in [-0.15, -0.1) is 11.3 Å². The molecule has 0 atom stereocenters. The van der Waals surface area contributed by atoms with Crippen molar-refractivity contribution in [2.45, 2.75) is 13.8 Å². The van der Waals surface area contributed by atoms with E-state index in [1.54, 1.807) is 6.92 Å². The molecule has 0 saturated carbocycles. The number of carbonyl (C=O) groups excluding carboxylic acids is 1. The molecule has 0 bridgehead atoms. The van der Waals surface area contributed by atoms with E-state index in [2.05, 4.69) is 4.98 Å². The zero-order chi connectivity index (χ0) is 10.7. The van der Waals surface area contributed by atoms with Crippen LogP contribution in [0.15, 0.2) is 5.51 Å². The van der Waals surface area contributed by atoms with Crippen LogP contribution in [0.3, 0.4) is 0 Å². The van der Waals surface area contributed by atoms with Gasteiger partial charge in [0.05, 0.1) is 5.51 Å². The van der Waals surface area contributed by atoms with Crippen molar-refractivity contribution in [3.63, 3.8) is 0 Å². The molecule has 1 aromatic rings. The van der Waals surface area contributed by atoms with Gasteiger partial charge in [0, 0.05) is 13.5 Å². The van der Waals surface area contributed by atoms with Crippen LogP contribution in [0.1, 0.15) is 24.3 Å². The van der Waals surface area contributed by atoms with Crippen LogP contribution in [-0.4, -0.2) is 28.5 Å². The molecule has 0 fully saturated rings. The van der Waals surface area contributed by atoms with E-state index in [-0.39, 0.29) is 11.6 Å². The standard InChI is InChI=1S/C8H10N2O3S/c1-3-10(5(2)11)7-6(8(12)13)9-4-14-7/h4H,3H2,1-2H3,(H,12,13). The lowest BCUT2D eigenvalue weighted by atomic mass is 10.4. The first-order chi connectivity index (χ1) is 6.57. The van der Waals surface area contributed by atoms with Crippen molar-refractivity contribution in [3.8, 4) is 0 Å². The Morgan fingerprint density at radius 3 is 2.71 bits per heavy atom. The van der Waals surface area contributed by atoms with Gasteiger partial charge in [0.1, 0.15) is 5.00 Å². The average Bonchev–Trinajstić information content (AvgIpc) is 2.53. The van der Waals surface area contributed by atoms with E-state index in [0.29, 0.717) is 11.5 Å². The molecule has 0 aromatic carbocycles. The zero-order valence-electron chi connectivity index (χ0n) is 7.85. The van der Waals surface area contributed by atoms with E-state index in [1.807, 2.05) is 0 Å². The SMILES string of the molecule is CCN(C(C)=O)c1scnc1C(=O)O. The van der Waals surface area contributed by atoms with Crippen LogP contribution in [0.4, 0.5) is 5.00 Å². The van der Waals surface area contributed by atoms with E-state index in [0.717, 1.165) is 11.3 Å². The second-order valence-corrected chi connectivity index (χ2v) is 3.41. The molecule has 0 spiro atoms. The highest BCUT2D eigenvalue weighted by atomic mass is 32.1. The monoisotopic (exact) mass is 214 g/mol. The van der Waals surface area contributed by atoms with Gasteiger partial charge in [-0.25, -0.2) is 9.78 Å². The summed E-state index contributed by atoms with van der Waals surface area (Å²) in [6, 6.07) is 0. The fraction of sp³-hybridized carbons (Fsp3) is 0.375. The van der Waals surface area contributed by atoms with Gasteiger partial charge >= 0.3 is 5.97 Å². The Labute approximate surface area is 85.0 Å². The number of anilines is 1.